The van der Waals surface area contributed by atoms with Gasteiger partial charge in [-0.25, -0.2) is 0 Å². The summed E-state index contributed by atoms with van der Waals surface area (Å²) in [6.45, 7) is 8.06. The lowest BCUT2D eigenvalue weighted by Crippen LogP contribution is -2.50. The topological polar surface area (TPSA) is 125 Å². The highest BCUT2D eigenvalue weighted by Gasteiger charge is 2.50. The van der Waals surface area contributed by atoms with Crippen LogP contribution in [0.2, 0.25) is 18.6 Å². The van der Waals surface area contributed by atoms with Crippen LogP contribution < -0.4 is 21.0 Å². The largest absolute Gasteiger partial charge is 0.497 e. The summed E-state index contributed by atoms with van der Waals surface area (Å²) in [5.41, 5.74) is 10.1. The number of benzene rings is 3. The number of amides is 1. The van der Waals surface area contributed by atoms with Crippen LogP contribution in [0.1, 0.15) is 41.4 Å². The molecule has 2 heterocycles. The lowest BCUT2D eigenvalue weighted by Gasteiger charge is -2.36. The van der Waals surface area contributed by atoms with Crippen molar-refractivity contribution in [1.82, 2.24) is 15.0 Å². The van der Waals surface area contributed by atoms with Gasteiger partial charge in [-0.15, -0.1) is 5.10 Å². The number of aryl methyl sites for hydroxylation is 2. The molecule has 5 rings (SSSR count). The Kier molecular flexibility index (Phi) is 10.4. The van der Waals surface area contributed by atoms with Gasteiger partial charge in [0.25, 0.3) is 5.91 Å². The van der Waals surface area contributed by atoms with Crippen molar-refractivity contribution in [2.45, 2.75) is 70.0 Å². The lowest BCUT2D eigenvalue weighted by molar-refractivity contribution is 0.0250. The van der Waals surface area contributed by atoms with Crippen LogP contribution in [0.3, 0.4) is 0 Å². The number of nitrogens with zero attached hydrogens (tertiary/aromatic N) is 3. The monoisotopic (exact) mass is 627 g/mol. The minimum absolute atomic E-state index is 0.0638. The summed E-state index contributed by atoms with van der Waals surface area (Å²) in [6, 6.07) is 23.6. The Bertz CT molecular complexity index is 1540. The molecule has 1 aromatic heterocycles. The molecule has 4 atom stereocenters. The number of nitrogens with two attached hydrogens (primary N) is 1. The highest BCUT2D eigenvalue weighted by molar-refractivity contribution is 6.91. The first-order valence-electron chi connectivity index (χ1n) is 15.7. The first-order chi connectivity index (χ1) is 21.7. The molecule has 4 aromatic rings. The molecule has 3 aromatic carbocycles. The fourth-order valence-electron chi connectivity index (χ4n) is 6.75. The molecule has 0 aliphatic carbocycles. The van der Waals surface area contributed by atoms with Gasteiger partial charge in [-0.05, 0) is 84.8 Å². The third kappa shape index (κ3) is 7.81. The van der Waals surface area contributed by atoms with Gasteiger partial charge in [-0.3, -0.25) is 9.48 Å². The summed E-state index contributed by atoms with van der Waals surface area (Å²) in [5, 5.41) is 22.1. The van der Waals surface area contributed by atoms with E-state index in [9.17, 15) is 9.90 Å². The average molecular weight is 628 g/mol. The summed E-state index contributed by atoms with van der Waals surface area (Å²) >= 11 is 0. The van der Waals surface area contributed by atoms with Crippen LogP contribution in [0, 0.1) is 5.92 Å². The van der Waals surface area contributed by atoms with Crippen LogP contribution in [0.4, 0.5) is 11.4 Å². The third-order valence-corrected chi connectivity index (χ3v) is 13.7. The first-order valence-corrected chi connectivity index (χ1v) is 18.8. The van der Waals surface area contributed by atoms with Gasteiger partial charge < -0.3 is 25.6 Å². The minimum atomic E-state index is -1.96. The van der Waals surface area contributed by atoms with Gasteiger partial charge in [0.2, 0.25) is 0 Å². The Morgan fingerprint density at radius 3 is 2.38 bits per heavy atom. The fraction of sp³-hybridized carbons (Fsp3) is 0.400. The predicted molar refractivity (Wildman–Crippen MR) is 181 cm³/mol. The van der Waals surface area contributed by atoms with E-state index in [4.69, 9.17) is 15.2 Å². The summed E-state index contributed by atoms with van der Waals surface area (Å²) in [7, 11) is -0.264. The minimum Gasteiger partial charge on any atom is -0.497 e. The zero-order valence-electron chi connectivity index (χ0n) is 26.6. The molecule has 238 valence electrons. The number of ether oxygens (including phenoxy) is 2. The molecule has 1 aliphatic heterocycles. The molecule has 1 fully saturated rings. The number of carbonyl (C=O) groups is 1. The van der Waals surface area contributed by atoms with E-state index >= 15 is 0 Å². The maximum Gasteiger partial charge on any atom is 0.255 e. The van der Waals surface area contributed by atoms with E-state index < -0.39 is 8.07 Å². The van der Waals surface area contributed by atoms with E-state index in [2.05, 4.69) is 72.0 Å². The molecule has 0 unspecified atom stereocenters. The van der Waals surface area contributed by atoms with Crippen LogP contribution in [-0.2, 0) is 24.1 Å². The van der Waals surface area contributed by atoms with Crippen molar-refractivity contribution in [3.63, 3.8) is 0 Å². The van der Waals surface area contributed by atoms with Crippen molar-refractivity contribution >= 4 is 30.5 Å². The van der Waals surface area contributed by atoms with Crippen molar-refractivity contribution in [1.29, 1.82) is 0 Å². The molecule has 0 radical (unpaired) electrons. The van der Waals surface area contributed by atoms with Crippen molar-refractivity contribution in [3.05, 3.63) is 95.8 Å². The van der Waals surface area contributed by atoms with Gasteiger partial charge in [-0.2, -0.15) is 0 Å². The molecule has 9 nitrogen and oxygen atoms in total. The Morgan fingerprint density at radius 2 is 1.71 bits per heavy atom. The second-order valence-corrected chi connectivity index (χ2v) is 17.3. The second-order valence-electron chi connectivity index (χ2n) is 12.6. The zero-order valence-corrected chi connectivity index (χ0v) is 27.6. The number of anilines is 2. The number of carbonyl (C=O) groups excluding carboxylic acids is 1. The lowest BCUT2D eigenvalue weighted by atomic mass is 9.95. The van der Waals surface area contributed by atoms with Gasteiger partial charge >= 0.3 is 0 Å². The van der Waals surface area contributed by atoms with Crippen LogP contribution in [0.25, 0.3) is 0 Å². The number of nitrogens with one attached hydrogen (secondary N) is 1. The number of aromatic nitrogens is 3. The molecule has 1 aliphatic rings. The number of nitrogen functional groups attached to an aromatic ring is 1. The molecule has 1 saturated heterocycles. The quantitative estimate of drug-likeness (QED) is 0.140. The molecule has 0 spiro atoms. The van der Waals surface area contributed by atoms with Crippen molar-refractivity contribution in [3.8, 4) is 5.75 Å². The smallest absolute Gasteiger partial charge is 0.255 e. The van der Waals surface area contributed by atoms with E-state index in [1.807, 2.05) is 23.0 Å². The average Bonchev–Trinajstić information content (AvgIpc) is 3.63. The number of aliphatic hydroxyl groups excluding tert-OH is 1. The number of rotatable bonds is 13. The number of aliphatic hydroxyl groups is 1. The number of hydrogen-bond donors (Lipinski definition) is 3. The molecule has 10 heteroatoms. The second kappa shape index (κ2) is 14.4. The Labute approximate surface area is 266 Å². The molecule has 1 amide bonds. The summed E-state index contributed by atoms with van der Waals surface area (Å²) in [5.74, 6) is 1.10. The van der Waals surface area contributed by atoms with Crippen LogP contribution in [-0.4, -0.2) is 60.0 Å². The van der Waals surface area contributed by atoms with Gasteiger partial charge in [0.15, 0.2) is 0 Å². The van der Waals surface area contributed by atoms with Gasteiger partial charge in [0, 0.05) is 42.7 Å². The maximum atomic E-state index is 12.6. The SMILES string of the molecule is COc1ccc([Si](C)(C)[C@H]2[C@H](C)[C@H](CCc3ccc(NC(=O)c4ccc(N)cc4)cc3)O[C@@H]2CCn2cc(CCO)nn2)cc1. The Morgan fingerprint density at radius 1 is 1.00 bits per heavy atom. The van der Waals surface area contributed by atoms with Gasteiger partial charge in [0.05, 0.1) is 33.1 Å². The van der Waals surface area contributed by atoms with Crippen molar-refractivity contribution in [2.24, 2.45) is 5.92 Å². The third-order valence-electron chi connectivity index (χ3n) is 9.27. The van der Waals surface area contributed by atoms with E-state index in [0.717, 1.165) is 42.9 Å². The molecule has 0 bridgehead atoms. The molecule has 0 saturated carbocycles. The van der Waals surface area contributed by atoms with Gasteiger partial charge in [0.1, 0.15) is 5.75 Å². The standard InChI is InChI=1S/C35H45N5O4Si/c1-24-32(18-7-25-5-12-28(13-6-25)37-35(42)26-8-10-27(36)11-9-26)44-33(19-21-40-23-29(20-22-41)38-39-40)34(24)45(3,4)31-16-14-30(43-2)15-17-31/h5-6,8-17,23-24,32-34,41H,7,18-22,36H2,1-4H3,(H,37,42)/t24-,32+,33-,34+/m1/s1. The van der Waals surface area contributed by atoms with Crippen LogP contribution in [0.15, 0.2) is 79.0 Å². The highest BCUT2D eigenvalue weighted by Crippen LogP contribution is 2.46. The van der Waals surface area contributed by atoms with E-state index in [0.29, 0.717) is 29.1 Å². The molecular weight excluding hydrogens is 583 g/mol. The van der Waals surface area contributed by atoms with E-state index in [-0.39, 0.29) is 24.7 Å². The van der Waals surface area contributed by atoms with Gasteiger partial charge in [-0.1, -0.05) is 54.7 Å². The maximum absolute atomic E-state index is 12.6. The summed E-state index contributed by atoms with van der Waals surface area (Å²) in [6.07, 6.45) is 5.33. The normalized spacial score (nSPS) is 19.8. The van der Waals surface area contributed by atoms with Crippen molar-refractivity contribution < 1.29 is 19.4 Å². The Balaban J connectivity index is 1.26. The molecule has 4 N–H and O–H groups in total. The van der Waals surface area contributed by atoms with Crippen LogP contribution in [0.5, 0.6) is 5.75 Å². The fourth-order valence-corrected chi connectivity index (χ4v) is 10.9. The van der Waals surface area contributed by atoms with Crippen LogP contribution >= 0.6 is 0 Å². The van der Waals surface area contributed by atoms with E-state index in [1.165, 1.54) is 10.8 Å². The summed E-state index contributed by atoms with van der Waals surface area (Å²) in [4.78, 5) is 12.6. The predicted octanol–water partition coefficient (Wildman–Crippen LogP) is 5.07. The van der Waals surface area contributed by atoms with Crippen molar-refractivity contribution in [2.75, 3.05) is 24.8 Å². The first kappa shape index (κ1) is 32.4. The summed E-state index contributed by atoms with van der Waals surface area (Å²) < 4.78 is 14.2. The highest BCUT2D eigenvalue weighted by atomic mass is 28.3. The molecule has 45 heavy (non-hydrogen) atoms. The number of hydrogen-bond acceptors (Lipinski definition) is 7. The molecular formula is C35H45N5O4Si. The van der Waals surface area contributed by atoms with E-state index in [1.54, 1.807) is 31.4 Å². The zero-order chi connectivity index (χ0) is 32.0. The number of methoxy groups -OCH3 is 1. The Hall–Kier alpha value is -3.99.